The van der Waals surface area contributed by atoms with Gasteiger partial charge in [-0.25, -0.2) is 0 Å². The molecule has 0 amide bonds. The first-order valence-electron chi connectivity index (χ1n) is 8.85. The van der Waals surface area contributed by atoms with Crippen molar-refractivity contribution in [2.45, 2.75) is 5.54 Å². The lowest BCUT2D eigenvalue weighted by Crippen LogP contribution is -2.44. The van der Waals surface area contributed by atoms with E-state index in [1.54, 1.807) is 0 Å². The van der Waals surface area contributed by atoms with Crippen LogP contribution in [0, 0.1) is 0 Å². The standard InChI is InChI=1S/C23H24Cl2N2/c1-26(2)22-20(24)16-15-19(21(22)25)23(27(3)4,17-11-7-5-8-12-17)18-13-9-6-10-14-18/h5-16H,1-4H3. The summed E-state index contributed by atoms with van der Waals surface area (Å²) in [5.41, 5.74) is 3.58. The van der Waals surface area contributed by atoms with Gasteiger partial charge in [-0.1, -0.05) is 89.9 Å². The fourth-order valence-corrected chi connectivity index (χ4v) is 4.67. The molecular weight excluding hydrogens is 375 g/mol. The Bertz CT molecular complexity index is 867. The average Bonchev–Trinajstić information content (AvgIpc) is 2.65. The van der Waals surface area contributed by atoms with Crippen LogP contribution in [0.15, 0.2) is 72.8 Å². The van der Waals surface area contributed by atoms with Crippen molar-refractivity contribution in [3.8, 4) is 0 Å². The normalized spacial score (nSPS) is 11.7. The van der Waals surface area contributed by atoms with Crippen LogP contribution < -0.4 is 4.90 Å². The third kappa shape index (κ3) is 3.34. The molecule has 0 radical (unpaired) electrons. The zero-order valence-electron chi connectivity index (χ0n) is 16.1. The Morgan fingerprint density at radius 3 is 1.56 bits per heavy atom. The van der Waals surface area contributed by atoms with Crippen LogP contribution in [-0.4, -0.2) is 33.1 Å². The molecule has 0 aliphatic carbocycles. The van der Waals surface area contributed by atoms with Crippen molar-refractivity contribution in [3.05, 3.63) is 99.5 Å². The summed E-state index contributed by atoms with van der Waals surface area (Å²) in [6, 6.07) is 24.9. The average molecular weight is 399 g/mol. The lowest BCUT2D eigenvalue weighted by molar-refractivity contribution is 0.247. The van der Waals surface area contributed by atoms with Crippen molar-refractivity contribution in [3.63, 3.8) is 0 Å². The molecule has 0 N–H and O–H groups in total. The molecule has 0 saturated heterocycles. The van der Waals surface area contributed by atoms with Crippen LogP contribution in [0.5, 0.6) is 0 Å². The Morgan fingerprint density at radius 2 is 1.15 bits per heavy atom. The molecule has 0 aromatic heterocycles. The van der Waals surface area contributed by atoms with E-state index in [2.05, 4.69) is 67.5 Å². The predicted octanol–water partition coefficient (Wildman–Crippen LogP) is 5.91. The third-order valence-corrected chi connectivity index (χ3v) is 5.65. The maximum Gasteiger partial charge on any atom is 0.0983 e. The minimum Gasteiger partial charge on any atom is -0.375 e. The molecule has 3 rings (SSSR count). The quantitative estimate of drug-likeness (QED) is 0.492. The summed E-state index contributed by atoms with van der Waals surface area (Å²) in [6.45, 7) is 0. The summed E-state index contributed by atoms with van der Waals surface area (Å²) in [5, 5.41) is 1.30. The fraction of sp³-hybridized carbons (Fsp3) is 0.217. The van der Waals surface area contributed by atoms with Crippen LogP contribution in [0.4, 0.5) is 5.69 Å². The Morgan fingerprint density at radius 1 is 0.667 bits per heavy atom. The van der Waals surface area contributed by atoms with Gasteiger partial charge < -0.3 is 4.90 Å². The maximum absolute atomic E-state index is 6.98. The van der Waals surface area contributed by atoms with Crippen molar-refractivity contribution in [1.82, 2.24) is 4.90 Å². The number of benzene rings is 3. The zero-order chi connectivity index (χ0) is 19.6. The van der Waals surface area contributed by atoms with Gasteiger partial charge in [0.2, 0.25) is 0 Å². The first kappa shape index (κ1) is 19.8. The van der Waals surface area contributed by atoms with E-state index in [4.69, 9.17) is 23.2 Å². The minimum atomic E-state index is -0.547. The molecule has 0 atom stereocenters. The van der Waals surface area contributed by atoms with Crippen molar-refractivity contribution < 1.29 is 0 Å². The predicted molar refractivity (Wildman–Crippen MR) is 117 cm³/mol. The molecular formula is C23H24Cl2N2. The van der Waals surface area contributed by atoms with Gasteiger partial charge in [0, 0.05) is 19.7 Å². The molecule has 140 valence electrons. The maximum atomic E-state index is 6.98. The van der Waals surface area contributed by atoms with E-state index in [0.717, 1.165) is 22.4 Å². The molecule has 0 bridgehead atoms. The van der Waals surface area contributed by atoms with E-state index in [1.807, 2.05) is 43.3 Å². The molecule has 4 heteroatoms. The van der Waals surface area contributed by atoms with E-state index in [9.17, 15) is 0 Å². The smallest absolute Gasteiger partial charge is 0.0983 e. The number of rotatable bonds is 5. The molecule has 0 saturated carbocycles. The van der Waals surface area contributed by atoms with Gasteiger partial charge in [-0.2, -0.15) is 0 Å². The Balaban J connectivity index is 2.44. The molecule has 2 nitrogen and oxygen atoms in total. The third-order valence-electron chi connectivity index (χ3n) is 4.96. The van der Waals surface area contributed by atoms with Crippen LogP contribution in [-0.2, 0) is 5.54 Å². The second-order valence-corrected chi connectivity index (χ2v) is 7.77. The summed E-state index contributed by atoms with van der Waals surface area (Å²) in [5.74, 6) is 0. The molecule has 0 unspecified atom stereocenters. The largest absolute Gasteiger partial charge is 0.375 e. The number of hydrogen-bond acceptors (Lipinski definition) is 2. The second kappa shape index (κ2) is 7.93. The van der Waals surface area contributed by atoms with Gasteiger partial charge in [-0.05, 0) is 31.3 Å². The number of halogens is 2. The van der Waals surface area contributed by atoms with Crippen LogP contribution in [0.1, 0.15) is 16.7 Å². The number of anilines is 1. The topological polar surface area (TPSA) is 6.48 Å². The summed E-state index contributed by atoms with van der Waals surface area (Å²) in [4.78, 5) is 4.18. The minimum absolute atomic E-state index is 0.547. The SMILES string of the molecule is CN(C)c1c(Cl)ccc(C(c2ccccc2)(c2ccccc2)N(C)C)c1Cl. The van der Waals surface area contributed by atoms with Gasteiger partial charge in [-0.3, -0.25) is 4.90 Å². The molecule has 0 heterocycles. The molecule has 0 fully saturated rings. The summed E-state index contributed by atoms with van der Waals surface area (Å²) in [7, 11) is 8.08. The molecule has 27 heavy (non-hydrogen) atoms. The molecule has 3 aromatic carbocycles. The fourth-order valence-electron chi connectivity index (χ4n) is 3.82. The lowest BCUT2D eigenvalue weighted by atomic mass is 9.76. The highest BCUT2D eigenvalue weighted by molar-refractivity contribution is 6.39. The monoisotopic (exact) mass is 398 g/mol. The van der Waals surface area contributed by atoms with Gasteiger partial charge in [0.15, 0.2) is 0 Å². The number of hydrogen-bond donors (Lipinski definition) is 0. The zero-order valence-corrected chi connectivity index (χ0v) is 17.6. The summed E-state index contributed by atoms with van der Waals surface area (Å²) >= 11 is 13.5. The van der Waals surface area contributed by atoms with Crippen molar-refractivity contribution in [2.24, 2.45) is 0 Å². The highest BCUT2D eigenvalue weighted by atomic mass is 35.5. The van der Waals surface area contributed by atoms with Crippen LogP contribution in [0.2, 0.25) is 10.0 Å². The van der Waals surface area contributed by atoms with Crippen LogP contribution in [0.25, 0.3) is 0 Å². The van der Waals surface area contributed by atoms with Gasteiger partial charge in [-0.15, -0.1) is 0 Å². The Labute approximate surface area is 171 Å². The highest BCUT2D eigenvalue weighted by Gasteiger charge is 2.41. The van der Waals surface area contributed by atoms with Crippen molar-refractivity contribution in [2.75, 3.05) is 33.1 Å². The number of nitrogens with zero attached hydrogens (tertiary/aromatic N) is 2. The van der Waals surface area contributed by atoms with E-state index in [0.29, 0.717) is 10.0 Å². The Hall–Kier alpha value is -2.00. The van der Waals surface area contributed by atoms with Gasteiger partial charge in [0.1, 0.15) is 0 Å². The molecule has 0 aliphatic heterocycles. The first-order valence-corrected chi connectivity index (χ1v) is 9.60. The van der Waals surface area contributed by atoms with Crippen molar-refractivity contribution in [1.29, 1.82) is 0 Å². The van der Waals surface area contributed by atoms with E-state index in [1.165, 1.54) is 0 Å². The van der Waals surface area contributed by atoms with Crippen LogP contribution in [0.3, 0.4) is 0 Å². The summed E-state index contributed by atoms with van der Waals surface area (Å²) < 4.78 is 0. The lowest BCUT2D eigenvalue weighted by Gasteiger charge is -2.42. The van der Waals surface area contributed by atoms with Crippen molar-refractivity contribution >= 4 is 28.9 Å². The van der Waals surface area contributed by atoms with Gasteiger partial charge >= 0.3 is 0 Å². The van der Waals surface area contributed by atoms with Gasteiger partial charge in [0.05, 0.1) is 21.3 Å². The molecule has 3 aromatic rings. The molecule has 0 spiro atoms. The summed E-state index contributed by atoms with van der Waals surface area (Å²) in [6.07, 6.45) is 0. The highest BCUT2D eigenvalue weighted by Crippen LogP contribution is 2.47. The van der Waals surface area contributed by atoms with Gasteiger partial charge in [0.25, 0.3) is 0 Å². The first-order chi connectivity index (χ1) is 12.9. The van der Waals surface area contributed by atoms with Crippen LogP contribution >= 0.6 is 23.2 Å². The van der Waals surface area contributed by atoms with E-state index >= 15 is 0 Å². The molecule has 0 aliphatic rings. The Kier molecular flexibility index (Phi) is 5.81. The second-order valence-electron chi connectivity index (χ2n) is 6.99. The van der Waals surface area contributed by atoms with E-state index in [-0.39, 0.29) is 0 Å². The van der Waals surface area contributed by atoms with E-state index < -0.39 is 5.54 Å².